The Morgan fingerprint density at radius 1 is 1.00 bits per heavy atom. The van der Waals surface area contributed by atoms with Gasteiger partial charge in [-0.25, -0.2) is 4.79 Å². The number of aliphatic carboxylic acids is 1. The largest absolute Gasteiger partial charge is 0.508 e. The van der Waals surface area contributed by atoms with Crippen LogP contribution >= 0.6 is 0 Å². The molecule has 0 aromatic heterocycles. The van der Waals surface area contributed by atoms with Crippen molar-refractivity contribution in [1.29, 1.82) is 0 Å². The van der Waals surface area contributed by atoms with Crippen LogP contribution in [0, 0.1) is 0 Å². The number of anilines is 1. The minimum atomic E-state index is -1.20. The summed E-state index contributed by atoms with van der Waals surface area (Å²) in [4.78, 5) is 35.9. The van der Waals surface area contributed by atoms with Gasteiger partial charge in [-0.3, -0.25) is 9.59 Å². The van der Waals surface area contributed by atoms with Gasteiger partial charge in [-0.05, 0) is 48.9 Å². The quantitative estimate of drug-likeness (QED) is 0.458. The number of carbonyl (C=O) groups is 3. The van der Waals surface area contributed by atoms with Gasteiger partial charge in [0, 0.05) is 17.7 Å². The van der Waals surface area contributed by atoms with Crippen LogP contribution in [0.15, 0.2) is 48.5 Å². The van der Waals surface area contributed by atoms with E-state index in [1.54, 1.807) is 24.3 Å². The number of hydrogen-bond donors (Lipinski definition) is 5. The van der Waals surface area contributed by atoms with Crippen LogP contribution in [0.5, 0.6) is 5.75 Å². The molecule has 2 aromatic carbocycles. The number of carboxylic acid groups (broad SMARTS) is 1. The van der Waals surface area contributed by atoms with Gasteiger partial charge in [0.15, 0.2) is 0 Å². The lowest BCUT2D eigenvalue weighted by atomic mass is 10.1. The van der Waals surface area contributed by atoms with Gasteiger partial charge in [0.05, 0.1) is 0 Å². The first-order valence-electron chi connectivity index (χ1n) is 8.23. The first-order valence-corrected chi connectivity index (χ1v) is 8.23. The van der Waals surface area contributed by atoms with Crippen LogP contribution in [-0.2, 0) is 16.0 Å². The lowest BCUT2D eigenvalue weighted by Crippen LogP contribution is -2.51. The summed E-state index contributed by atoms with van der Waals surface area (Å²) in [6.45, 7) is 1.46. The Bertz CT molecular complexity index is 818. The highest BCUT2D eigenvalue weighted by Crippen LogP contribution is 2.11. The van der Waals surface area contributed by atoms with Crippen molar-refractivity contribution in [3.8, 4) is 5.75 Å². The van der Waals surface area contributed by atoms with Crippen LogP contribution < -0.4 is 16.4 Å². The number of phenols is 1. The monoisotopic (exact) mass is 371 g/mol. The van der Waals surface area contributed by atoms with Crippen LogP contribution in [0.4, 0.5) is 5.69 Å². The second-order valence-corrected chi connectivity index (χ2v) is 6.09. The number of carboxylic acids is 1. The molecule has 0 heterocycles. The number of hydrogen-bond acceptors (Lipinski definition) is 5. The Morgan fingerprint density at radius 3 is 2.15 bits per heavy atom. The van der Waals surface area contributed by atoms with Crippen molar-refractivity contribution >= 4 is 23.5 Å². The van der Waals surface area contributed by atoms with Gasteiger partial charge < -0.3 is 26.6 Å². The molecule has 0 aliphatic heterocycles. The highest BCUT2D eigenvalue weighted by Gasteiger charge is 2.24. The maximum Gasteiger partial charge on any atom is 0.326 e. The molecule has 0 unspecified atom stereocenters. The fourth-order valence-corrected chi connectivity index (χ4v) is 2.34. The first kappa shape index (κ1) is 19.8. The Kier molecular flexibility index (Phi) is 6.37. The first-order chi connectivity index (χ1) is 12.8. The maximum absolute atomic E-state index is 12.3. The number of nitrogens with one attached hydrogen (secondary N) is 2. The molecule has 8 heteroatoms. The van der Waals surface area contributed by atoms with E-state index in [4.69, 9.17) is 5.73 Å². The molecule has 8 nitrogen and oxygen atoms in total. The smallest absolute Gasteiger partial charge is 0.326 e. The molecule has 0 aliphatic carbocycles. The van der Waals surface area contributed by atoms with Crippen LogP contribution in [0.3, 0.4) is 0 Å². The second kappa shape index (κ2) is 8.70. The number of amides is 2. The van der Waals surface area contributed by atoms with Crippen molar-refractivity contribution < 1.29 is 24.6 Å². The van der Waals surface area contributed by atoms with Gasteiger partial charge in [-0.15, -0.1) is 0 Å². The summed E-state index contributed by atoms with van der Waals surface area (Å²) >= 11 is 0. The van der Waals surface area contributed by atoms with E-state index in [2.05, 4.69) is 10.6 Å². The van der Waals surface area contributed by atoms with Gasteiger partial charge in [0.1, 0.15) is 17.8 Å². The summed E-state index contributed by atoms with van der Waals surface area (Å²) in [5.41, 5.74) is 7.05. The summed E-state index contributed by atoms with van der Waals surface area (Å²) in [5.74, 6) is -2.23. The van der Waals surface area contributed by atoms with E-state index < -0.39 is 29.9 Å². The van der Waals surface area contributed by atoms with Crippen molar-refractivity contribution in [2.24, 2.45) is 0 Å². The van der Waals surface area contributed by atoms with E-state index in [0.29, 0.717) is 16.8 Å². The normalized spacial score (nSPS) is 12.6. The topological polar surface area (TPSA) is 142 Å². The predicted molar refractivity (Wildman–Crippen MR) is 99.2 cm³/mol. The summed E-state index contributed by atoms with van der Waals surface area (Å²) in [5, 5.41) is 23.5. The molecule has 2 atom stereocenters. The van der Waals surface area contributed by atoms with E-state index in [-0.39, 0.29) is 12.2 Å². The van der Waals surface area contributed by atoms with Crippen LogP contribution in [-0.4, -0.2) is 40.1 Å². The molecular weight excluding hydrogens is 350 g/mol. The number of nitrogens with two attached hydrogens (primary N) is 1. The molecule has 0 radical (unpaired) electrons. The third kappa shape index (κ3) is 5.74. The second-order valence-electron chi connectivity index (χ2n) is 6.09. The number of carbonyl (C=O) groups excluding carboxylic acids is 2. The average Bonchev–Trinajstić information content (AvgIpc) is 2.63. The number of nitrogen functional groups attached to an aromatic ring is 1. The molecule has 0 saturated carbocycles. The molecule has 0 aliphatic rings. The van der Waals surface area contributed by atoms with Gasteiger partial charge in [0.25, 0.3) is 5.91 Å². The SMILES string of the molecule is C[C@H](NC(=O)c1ccc(N)cc1)C(=O)N[C@@H](Cc1ccc(O)cc1)C(=O)O. The molecule has 142 valence electrons. The Hall–Kier alpha value is -3.55. The van der Waals surface area contributed by atoms with E-state index in [1.807, 2.05) is 0 Å². The van der Waals surface area contributed by atoms with Crippen molar-refractivity contribution in [1.82, 2.24) is 10.6 Å². The predicted octanol–water partition coefficient (Wildman–Crippen LogP) is 0.905. The lowest BCUT2D eigenvalue weighted by molar-refractivity contribution is -0.142. The van der Waals surface area contributed by atoms with E-state index in [0.717, 1.165) is 0 Å². The van der Waals surface area contributed by atoms with Gasteiger partial charge in [-0.2, -0.15) is 0 Å². The third-order valence-electron chi connectivity index (χ3n) is 3.90. The highest BCUT2D eigenvalue weighted by molar-refractivity contribution is 5.98. The van der Waals surface area contributed by atoms with Crippen molar-refractivity contribution in [2.75, 3.05) is 5.73 Å². The summed E-state index contributed by atoms with van der Waals surface area (Å²) in [7, 11) is 0. The molecule has 2 aromatic rings. The minimum Gasteiger partial charge on any atom is -0.508 e. The number of aromatic hydroxyl groups is 1. The summed E-state index contributed by atoms with van der Waals surface area (Å²) in [6, 6.07) is 10.1. The number of rotatable bonds is 7. The molecule has 0 fully saturated rings. The molecule has 0 saturated heterocycles. The van der Waals surface area contributed by atoms with Gasteiger partial charge >= 0.3 is 5.97 Å². The van der Waals surface area contributed by atoms with Gasteiger partial charge in [-0.1, -0.05) is 12.1 Å². The molecular formula is C19H21N3O5. The molecule has 27 heavy (non-hydrogen) atoms. The fraction of sp³-hybridized carbons (Fsp3) is 0.211. The summed E-state index contributed by atoms with van der Waals surface area (Å²) in [6.07, 6.45) is 0.0416. The molecule has 2 amide bonds. The van der Waals surface area contributed by atoms with Crippen LogP contribution in [0.25, 0.3) is 0 Å². The number of benzene rings is 2. The molecule has 0 spiro atoms. The molecule has 2 rings (SSSR count). The Labute approximate surface area is 156 Å². The summed E-state index contributed by atoms with van der Waals surface area (Å²) < 4.78 is 0. The zero-order chi connectivity index (χ0) is 20.0. The van der Waals surface area contributed by atoms with Crippen molar-refractivity contribution in [3.63, 3.8) is 0 Å². The fourth-order valence-electron chi connectivity index (χ4n) is 2.34. The van der Waals surface area contributed by atoms with E-state index in [1.165, 1.54) is 31.2 Å². The van der Waals surface area contributed by atoms with Crippen molar-refractivity contribution in [2.45, 2.75) is 25.4 Å². The zero-order valence-corrected chi connectivity index (χ0v) is 14.7. The van der Waals surface area contributed by atoms with E-state index >= 15 is 0 Å². The highest BCUT2D eigenvalue weighted by atomic mass is 16.4. The zero-order valence-electron chi connectivity index (χ0n) is 14.7. The standard InChI is InChI=1S/C19H21N3O5/c1-11(21-18(25)13-4-6-14(20)7-5-13)17(24)22-16(19(26)27)10-12-2-8-15(23)9-3-12/h2-9,11,16,23H,10,20H2,1H3,(H,21,25)(H,22,24)(H,26,27)/t11-,16-/m0/s1. The van der Waals surface area contributed by atoms with Crippen LogP contribution in [0.2, 0.25) is 0 Å². The van der Waals surface area contributed by atoms with Gasteiger partial charge in [0.2, 0.25) is 5.91 Å². The Morgan fingerprint density at radius 2 is 1.59 bits per heavy atom. The third-order valence-corrected chi connectivity index (χ3v) is 3.90. The molecule has 0 bridgehead atoms. The lowest BCUT2D eigenvalue weighted by Gasteiger charge is -2.19. The Balaban J connectivity index is 1.97. The van der Waals surface area contributed by atoms with E-state index in [9.17, 15) is 24.6 Å². The van der Waals surface area contributed by atoms with Crippen LogP contribution in [0.1, 0.15) is 22.8 Å². The average molecular weight is 371 g/mol. The maximum atomic E-state index is 12.3. The minimum absolute atomic E-state index is 0.0416. The number of phenolic OH excluding ortho intramolecular Hbond substituents is 1. The molecule has 6 N–H and O–H groups in total. The van der Waals surface area contributed by atoms with Crippen molar-refractivity contribution in [3.05, 3.63) is 59.7 Å².